The van der Waals surface area contributed by atoms with Crippen LogP contribution in [0.5, 0.6) is 5.88 Å². The van der Waals surface area contributed by atoms with Gasteiger partial charge in [0.15, 0.2) is 5.82 Å². The van der Waals surface area contributed by atoms with Gasteiger partial charge in [0.25, 0.3) is 5.56 Å². The van der Waals surface area contributed by atoms with Gasteiger partial charge in [0.05, 0.1) is 23.7 Å². The van der Waals surface area contributed by atoms with E-state index in [4.69, 9.17) is 14.2 Å². The van der Waals surface area contributed by atoms with Gasteiger partial charge in [0, 0.05) is 23.6 Å². The van der Waals surface area contributed by atoms with E-state index >= 15 is 0 Å². The van der Waals surface area contributed by atoms with Crippen LogP contribution < -0.4 is 16.1 Å². The summed E-state index contributed by atoms with van der Waals surface area (Å²) in [6.45, 7) is 7.81. The van der Waals surface area contributed by atoms with E-state index in [2.05, 4.69) is 22.0 Å². The fraction of sp³-hybridized carbons (Fsp3) is 0.258. The maximum absolute atomic E-state index is 13.9. The zero-order valence-corrected chi connectivity index (χ0v) is 23.0. The van der Waals surface area contributed by atoms with Gasteiger partial charge in [-0.15, -0.1) is 0 Å². The summed E-state index contributed by atoms with van der Waals surface area (Å²) in [6, 6.07) is 19.3. The molecule has 1 N–H and O–H groups in total. The van der Waals surface area contributed by atoms with Crippen LogP contribution >= 0.6 is 0 Å². The Labute approximate surface area is 280 Å². The molecule has 0 fully saturated rings. The minimum absolute atomic E-state index is 0. The third kappa shape index (κ3) is 7.02. The van der Waals surface area contributed by atoms with Crippen molar-refractivity contribution in [1.82, 2.24) is 24.7 Å². The predicted octanol–water partition coefficient (Wildman–Crippen LogP) is 4.63. The van der Waals surface area contributed by atoms with E-state index in [0.29, 0.717) is 41.6 Å². The molecule has 0 saturated carbocycles. The van der Waals surface area contributed by atoms with Crippen LogP contribution in [0.3, 0.4) is 0 Å². The molecule has 0 bridgehead atoms. The van der Waals surface area contributed by atoms with Crippen molar-refractivity contribution >= 4 is 51.4 Å². The van der Waals surface area contributed by atoms with E-state index in [-0.39, 0.29) is 63.0 Å². The zero-order chi connectivity index (χ0) is 28.2. The Morgan fingerprint density at radius 3 is 2.34 bits per heavy atom. The number of hydrogen-bond acceptors (Lipinski definition) is 7. The number of nitrogens with zero attached hydrogens (tertiary/aromatic N) is 4. The zero-order valence-electron chi connectivity index (χ0n) is 23.0. The number of hydrogen-bond donors (Lipinski definition) is 1. The molecule has 0 atom stereocenters. The molecular weight excluding hydrogens is 545 g/mol. The SMILES string of the molecule is CCCc1nc(C)n(-c2ccc(OC(C)C)nc2)c(=O)c1Cc1ccc(-c2ccccc2-c2noc(=O)[nH]2)cc1.[KH]. The van der Waals surface area contributed by atoms with Crippen LogP contribution in [0, 0.1) is 6.92 Å². The Balaban J connectivity index is 0.00000387. The van der Waals surface area contributed by atoms with E-state index < -0.39 is 5.76 Å². The number of aromatic amines is 1. The summed E-state index contributed by atoms with van der Waals surface area (Å²) in [4.78, 5) is 37.2. The van der Waals surface area contributed by atoms with Crippen LogP contribution in [0.1, 0.15) is 49.8 Å². The molecule has 0 aliphatic heterocycles. The van der Waals surface area contributed by atoms with Gasteiger partial charge in [-0.25, -0.2) is 14.8 Å². The monoisotopic (exact) mass is 577 g/mol. The molecule has 0 radical (unpaired) electrons. The first-order valence-electron chi connectivity index (χ1n) is 13.3. The molecular formula is C31H32KN5O4. The van der Waals surface area contributed by atoms with Gasteiger partial charge < -0.3 is 4.74 Å². The molecule has 0 aliphatic rings. The summed E-state index contributed by atoms with van der Waals surface area (Å²) in [5.41, 5.74) is 5.64. The molecule has 0 spiro atoms. The second-order valence-corrected chi connectivity index (χ2v) is 9.86. The van der Waals surface area contributed by atoms with Crippen LogP contribution in [-0.2, 0) is 12.8 Å². The average molecular weight is 578 g/mol. The first-order valence-corrected chi connectivity index (χ1v) is 13.3. The number of pyridine rings is 1. The average Bonchev–Trinajstić information content (AvgIpc) is 3.38. The maximum atomic E-state index is 13.9. The Kier molecular flexibility index (Phi) is 10.3. The first-order chi connectivity index (χ1) is 19.3. The third-order valence-corrected chi connectivity index (χ3v) is 6.52. The fourth-order valence-electron chi connectivity index (χ4n) is 4.75. The summed E-state index contributed by atoms with van der Waals surface area (Å²) in [5, 5.41) is 3.84. The summed E-state index contributed by atoms with van der Waals surface area (Å²) < 4.78 is 12.0. The second-order valence-electron chi connectivity index (χ2n) is 9.86. The second kappa shape index (κ2) is 13.7. The number of rotatable bonds is 9. The molecule has 41 heavy (non-hydrogen) atoms. The van der Waals surface area contributed by atoms with Crippen molar-refractivity contribution in [3.05, 3.63) is 110 Å². The Hall–Kier alpha value is -3.15. The quantitative estimate of drug-likeness (QED) is 0.254. The molecule has 9 nitrogen and oxygen atoms in total. The Morgan fingerprint density at radius 2 is 1.73 bits per heavy atom. The normalized spacial score (nSPS) is 11.0. The van der Waals surface area contributed by atoms with Gasteiger partial charge in [0.2, 0.25) is 5.88 Å². The summed E-state index contributed by atoms with van der Waals surface area (Å²) in [5.74, 6) is 0.903. The van der Waals surface area contributed by atoms with Gasteiger partial charge in [-0.3, -0.25) is 18.9 Å². The number of aryl methyl sites for hydroxylation is 2. The van der Waals surface area contributed by atoms with E-state index in [0.717, 1.165) is 34.4 Å². The van der Waals surface area contributed by atoms with E-state index in [1.165, 1.54) is 0 Å². The van der Waals surface area contributed by atoms with Gasteiger partial charge in [-0.05, 0) is 49.9 Å². The topological polar surface area (TPSA) is 116 Å². The van der Waals surface area contributed by atoms with Crippen LogP contribution in [0.4, 0.5) is 0 Å². The van der Waals surface area contributed by atoms with Crippen LogP contribution in [-0.4, -0.2) is 82.2 Å². The molecule has 3 heterocycles. The molecule has 206 valence electrons. The number of H-pyrrole nitrogens is 1. The number of nitrogens with one attached hydrogen (secondary N) is 1. The molecule has 2 aromatic carbocycles. The van der Waals surface area contributed by atoms with Crippen molar-refractivity contribution in [3.63, 3.8) is 0 Å². The minimum atomic E-state index is -0.601. The Morgan fingerprint density at radius 1 is 1.00 bits per heavy atom. The van der Waals surface area contributed by atoms with Crippen LogP contribution in [0.2, 0.25) is 0 Å². The summed E-state index contributed by atoms with van der Waals surface area (Å²) in [7, 11) is 0. The van der Waals surface area contributed by atoms with Crippen molar-refractivity contribution in [2.75, 3.05) is 0 Å². The molecule has 5 rings (SSSR count). The van der Waals surface area contributed by atoms with Crippen LogP contribution in [0.25, 0.3) is 28.2 Å². The number of ether oxygens (including phenoxy) is 1. The molecule has 10 heteroatoms. The standard InChI is InChI=1S/C31H31N5O4.K.H/c1-5-8-27-26(30(37)36(20(4)33-27)23-15-16-28(32-18-23)39-19(2)3)17-21-11-13-22(14-12-21)24-9-6-7-10-25(24)29-34-31(38)40-35-29;;/h6-7,9-16,18-19H,5,8,17H2,1-4H3,(H,34,35,38);;. The van der Waals surface area contributed by atoms with Gasteiger partial charge in [-0.1, -0.05) is 67.0 Å². The van der Waals surface area contributed by atoms with Gasteiger partial charge >= 0.3 is 57.1 Å². The van der Waals surface area contributed by atoms with Gasteiger partial charge in [0.1, 0.15) is 5.82 Å². The molecule has 0 saturated heterocycles. The van der Waals surface area contributed by atoms with Gasteiger partial charge in [-0.2, -0.15) is 0 Å². The summed E-state index contributed by atoms with van der Waals surface area (Å²) in [6.07, 6.45) is 3.70. The van der Waals surface area contributed by atoms with Crippen LogP contribution in [0.15, 0.2) is 81.0 Å². The van der Waals surface area contributed by atoms with Crippen molar-refractivity contribution in [1.29, 1.82) is 0 Å². The van der Waals surface area contributed by atoms with Crippen molar-refractivity contribution in [2.24, 2.45) is 0 Å². The molecule has 0 amide bonds. The molecule has 5 aromatic rings. The van der Waals surface area contributed by atoms with Crippen molar-refractivity contribution < 1.29 is 9.26 Å². The Bertz CT molecular complexity index is 1740. The summed E-state index contributed by atoms with van der Waals surface area (Å²) >= 11 is 0. The van der Waals surface area contributed by atoms with Crippen molar-refractivity contribution in [3.8, 4) is 34.1 Å². The first kappa shape index (κ1) is 30.8. The van der Waals surface area contributed by atoms with E-state index in [1.807, 2.05) is 75.4 Å². The fourth-order valence-corrected chi connectivity index (χ4v) is 4.75. The number of benzene rings is 2. The van der Waals surface area contributed by atoms with Crippen molar-refractivity contribution in [2.45, 2.75) is 53.1 Å². The predicted molar refractivity (Wildman–Crippen MR) is 160 cm³/mol. The molecule has 3 aromatic heterocycles. The van der Waals surface area contributed by atoms with E-state index in [1.54, 1.807) is 16.8 Å². The number of aromatic nitrogens is 5. The third-order valence-electron chi connectivity index (χ3n) is 6.52. The van der Waals surface area contributed by atoms with E-state index in [9.17, 15) is 9.59 Å². The molecule has 0 unspecified atom stereocenters. The molecule has 0 aliphatic carbocycles.